The van der Waals surface area contributed by atoms with Crippen LogP contribution in [0.5, 0.6) is 0 Å². The van der Waals surface area contributed by atoms with E-state index in [0.29, 0.717) is 10.7 Å². The van der Waals surface area contributed by atoms with E-state index in [1.807, 2.05) is 0 Å². The van der Waals surface area contributed by atoms with Crippen molar-refractivity contribution in [3.63, 3.8) is 0 Å². The van der Waals surface area contributed by atoms with Crippen molar-refractivity contribution in [2.45, 2.75) is 4.90 Å². The molecule has 144 valence electrons. The Hall–Kier alpha value is -2.36. The zero-order valence-corrected chi connectivity index (χ0v) is 16.6. The highest BCUT2D eigenvalue weighted by Gasteiger charge is 2.28. The number of carbonyl (C=O) groups excluding carboxylic acids is 1. The van der Waals surface area contributed by atoms with Crippen molar-refractivity contribution in [1.29, 1.82) is 0 Å². The van der Waals surface area contributed by atoms with Gasteiger partial charge in [0.25, 0.3) is 0 Å². The summed E-state index contributed by atoms with van der Waals surface area (Å²) in [6.45, 7) is -0.256. The lowest BCUT2D eigenvalue weighted by atomic mass is 10.2. The summed E-state index contributed by atoms with van der Waals surface area (Å²) in [4.78, 5) is 23.8. The van der Waals surface area contributed by atoms with E-state index in [4.69, 9.17) is 23.2 Å². The summed E-state index contributed by atoms with van der Waals surface area (Å²) in [6, 6.07) is 8.45. The van der Waals surface area contributed by atoms with Gasteiger partial charge in [0.15, 0.2) is 9.84 Å². The van der Waals surface area contributed by atoms with E-state index in [2.05, 4.69) is 5.32 Å². The van der Waals surface area contributed by atoms with Crippen LogP contribution in [0.4, 0.5) is 17.1 Å². The Labute approximate surface area is 165 Å². The molecule has 0 saturated heterocycles. The average Bonchev–Trinajstić information content (AvgIpc) is 2.56. The van der Waals surface area contributed by atoms with Crippen LogP contribution in [0.15, 0.2) is 41.3 Å². The molecule has 0 aliphatic heterocycles. The second-order valence-corrected chi connectivity index (χ2v) is 8.48. The normalized spacial score (nSPS) is 11.1. The number of hydrogen-bond acceptors (Lipinski definition) is 6. The number of para-hydroxylation sites is 1. The Bertz CT molecular complexity index is 1010. The molecule has 0 fully saturated rings. The SMILES string of the molecule is CN(CC(=O)Nc1ccc(Cl)c(Cl)c1)c1cccc(S(C)(=O)=O)c1[N+](=O)[O-]. The fourth-order valence-electron chi connectivity index (χ4n) is 2.38. The second-order valence-electron chi connectivity index (χ2n) is 5.69. The van der Waals surface area contributed by atoms with Gasteiger partial charge in [0.1, 0.15) is 10.6 Å². The zero-order chi connectivity index (χ0) is 20.4. The molecule has 8 nitrogen and oxygen atoms in total. The predicted octanol–water partition coefficient (Wildman–Crippen LogP) is 3.38. The first-order chi connectivity index (χ1) is 12.5. The maximum atomic E-state index is 12.2. The summed E-state index contributed by atoms with van der Waals surface area (Å²) in [5, 5.41) is 14.6. The highest BCUT2D eigenvalue weighted by molar-refractivity contribution is 7.90. The van der Waals surface area contributed by atoms with E-state index in [-0.39, 0.29) is 17.3 Å². The quantitative estimate of drug-likeness (QED) is 0.554. The number of nitro benzene ring substituents is 1. The van der Waals surface area contributed by atoms with E-state index in [1.165, 1.54) is 36.2 Å². The van der Waals surface area contributed by atoms with Crippen LogP contribution < -0.4 is 10.2 Å². The first kappa shape index (κ1) is 20.9. The van der Waals surface area contributed by atoms with Crippen LogP contribution in [-0.4, -0.2) is 39.1 Å². The number of nitrogens with one attached hydrogen (secondary N) is 1. The molecule has 0 aliphatic carbocycles. The van der Waals surface area contributed by atoms with Crippen LogP contribution in [0.25, 0.3) is 0 Å². The van der Waals surface area contributed by atoms with Crippen molar-refractivity contribution in [3.05, 3.63) is 56.6 Å². The summed E-state index contributed by atoms with van der Waals surface area (Å²) in [7, 11) is -2.37. The van der Waals surface area contributed by atoms with Gasteiger partial charge in [-0.2, -0.15) is 0 Å². The molecule has 0 saturated carbocycles. The van der Waals surface area contributed by atoms with Gasteiger partial charge in [-0.3, -0.25) is 14.9 Å². The molecule has 0 spiro atoms. The fourth-order valence-corrected chi connectivity index (χ4v) is 3.53. The first-order valence-electron chi connectivity index (χ1n) is 7.44. The minimum absolute atomic E-state index is 0.00668. The van der Waals surface area contributed by atoms with Crippen LogP contribution in [0.3, 0.4) is 0 Å². The molecule has 27 heavy (non-hydrogen) atoms. The number of halogens is 2. The Morgan fingerprint density at radius 3 is 2.44 bits per heavy atom. The standard InChI is InChI=1S/C16H15Cl2N3O5S/c1-20(9-15(22)19-10-6-7-11(17)12(18)8-10)13-4-3-5-14(27(2,25)26)16(13)21(23)24/h3-8H,9H2,1-2H3,(H,19,22). The molecular weight excluding hydrogens is 417 g/mol. The van der Waals surface area contributed by atoms with E-state index >= 15 is 0 Å². The van der Waals surface area contributed by atoms with E-state index in [1.54, 1.807) is 6.07 Å². The van der Waals surface area contributed by atoms with Gasteiger partial charge in [-0.1, -0.05) is 29.3 Å². The maximum Gasteiger partial charge on any atom is 0.311 e. The van der Waals surface area contributed by atoms with E-state index < -0.39 is 31.3 Å². The summed E-state index contributed by atoms with van der Waals surface area (Å²) < 4.78 is 23.7. The number of rotatable bonds is 6. The van der Waals surface area contributed by atoms with Gasteiger partial charge in [-0.25, -0.2) is 8.42 Å². The van der Waals surface area contributed by atoms with Gasteiger partial charge in [-0.05, 0) is 30.3 Å². The first-order valence-corrected chi connectivity index (χ1v) is 10.1. The molecule has 0 aliphatic rings. The number of anilines is 2. The van der Waals surface area contributed by atoms with Crippen LogP contribution in [0, 0.1) is 10.1 Å². The monoisotopic (exact) mass is 431 g/mol. The Morgan fingerprint density at radius 2 is 1.89 bits per heavy atom. The number of sulfone groups is 1. The highest BCUT2D eigenvalue weighted by atomic mass is 35.5. The number of amides is 1. The number of carbonyl (C=O) groups is 1. The number of nitro groups is 1. The molecule has 0 heterocycles. The smallest absolute Gasteiger partial charge is 0.311 e. The topological polar surface area (TPSA) is 110 Å². The summed E-state index contributed by atoms with van der Waals surface area (Å²) in [6.07, 6.45) is 0.885. The van der Waals surface area contributed by atoms with Crippen molar-refractivity contribution in [3.8, 4) is 0 Å². The molecule has 0 unspecified atom stereocenters. The molecule has 2 aromatic carbocycles. The van der Waals surface area contributed by atoms with Crippen molar-refractivity contribution < 1.29 is 18.1 Å². The fraction of sp³-hybridized carbons (Fsp3) is 0.188. The lowest BCUT2D eigenvalue weighted by Gasteiger charge is -2.19. The second kappa shape index (κ2) is 8.12. The van der Waals surface area contributed by atoms with Crippen molar-refractivity contribution in [2.24, 2.45) is 0 Å². The minimum atomic E-state index is -3.82. The molecule has 0 bridgehead atoms. The highest BCUT2D eigenvalue weighted by Crippen LogP contribution is 2.34. The third kappa shape index (κ3) is 5.09. The van der Waals surface area contributed by atoms with Gasteiger partial charge >= 0.3 is 5.69 Å². The average molecular weight is 432 g/mol. The summed E-state index contributed by atoms with van der Waals surface area (Å²) in [5.41, 5.74) is -0.167. The maximum absolute atomic E-state index is 12.2. The number of benzene rings is 2. The van der Waals surface area contributed by atoms with Gasteiger partial charge in [0.05, 0.1) is 21.5 Å². The number of likely N-dealkylation sites (N-methyl/N-ethyl adjacent to an activating group) is 1. The van der Waals surface area contributed by atoms with Gasteiger partial charge in [-0.15, -0.1) is 0 Å². The van der Waals surface area contributed by atoms with Crippen LogP contribution >= 0.6 is 23.2 Å². The molecule has 11 heteroatoms. The van der Waals surface area contributed by atoms with E-state index in [9.17, 15) is 23.3 Å². The lowest BCUT2D eigenvalue weighted by molar-refractivity contribution is -0.387. The third-order valence-corrected chi connectivity index (χ3v) is 5.42. The summed E-state index contributed by atoms with van der Waals surface area (Å²) in [5.74, 6) is -0.477. The molecule has 2 aromatic rings. The molecule has 1 amide bonds. The van der Waals surface area contributed by atoms with Crippen molar-refractivity contribution in [1.82, 2.24) is 0 Å². The third-order valence-electron chi connectivity index (χ3n) is 3.56. The lowest BCUT2D eigenvalue weighted by Crippen LogP contribution is -2.30. The van der Waals surface area contributed by atoms with Crippen LogP contribution in [0.1, 0.15) is 0 Å². The Kier molecular flexibility index (Phi) is 6.30. The molecule has 1 N–H and O–H groups in total. The Balaban J connectivity index is 2.27. The van der Waals surface area contributed by atoms with Crippen LogP contribution in [0.2, 0.25) is 10.0 Å². The largest absolute Gasteiger partial charge is 0.360 e. The molecule has 2 rings (SSSR count). The molecular formula is C16H15Cl2N3O5S. The van der Waals surface area contributed by atoms with E-state index in [0.717, 1.165) is 12.3 Å². The number of nitrogens with zero attached hydrogens (tertiary/aromatic N) is 2. The molecule has 0 aromatic heterocycles. The van der Waals surface area contributed by atoms with Crippen LogP contribution in [-0.2, 0) is 14.6 Å². The predicted molar refractivity (Wildman–Crippen MR) is 105 cm³/mol. The minimum Gasteiger partial charge on any atom is -0.360 e. The van der Waals surface area contributed by atoms with Gasteiger partial charge in [0.2, 0.25) is 5.91 Å². The zero-order valence-electron chi connectivity index (χ0n) is 14.3. The molecule has 0 radical (unpaired) electrons. The van der Waals surface area contributed by atoms with Crippen molar-refractivity contribution >= 4 is 56.0 Å². The Morgan fingerprint density at radius 1 is 1.22 bits per heavy atom. The number of hydrogen-bond donors (Lipinski definition) is 1. The summed E-state index contributed by atoms with van der Waals surface area (Å²) >= 11 is 11.7. The van der Waals surface area contributed by atoms with Gasteiger partial charge < -0.3 is 10.2 Å². The molecule has 0 atom stereocenters. The van der Waals surface area contributed by atoms with Crippen molar-refractivity contribution in [2.75, 3.05) is 30.1 Å². The van der Waals surface area contributed by atoms with Gasteiger partial charge in [0, 0.05) is 19.0 Å².